The summed E-state index contributed by atoms with van der Waals surface area (Å²) >= 11 is 0. The van der Waals surface area contributed by atoms with E-state index in [2.05, 4.69) is 15.5 Å². The van der Waals surface area contributed by atoms with E-state index in [1.165, 1.54) is 0 Å². The number of nitrogens with one attached hydrogen (secondary N) is 2. The summed E-state index contributed by atoms with van der Waals surface area (Å²) in [5.74, 6) is -0.593. The van der Waals surface area contributed by atoms with Gasteiger partial charge in [0.15, 0.2) is 0 Å². The third-order valence-corrected chi connectivity index (χ3v) is 7.47. The molecular weight excluding hydrogens is 556 g/mol. The summed E-state index contributed by atoms with van der Waals surface area (Å²) in [6.45, 7) is 2.97. The van der Waals surface area contributed by atoms with E-state index in [9.17, 15) is 14.4 Å². The number of para-hydroxylation sites is 1. The molecule has 9 heteroatoms. The number of aliphatic carboxylic acids is 1. The molecule has 4 aromatic carbocycles. The Balaban J connectivity index is 1.39. The molecule has 0 bridgehead atoms. The highest BCUT2D eigenvalue weighted by atomic mass is 16.5. The van der Waals surface area contributed by atoms with Gasteiger partial charge in [-0.15, -0.1) is 0 Å². The number of carboxylic acid groups (broad SMARTS) is 1. The number of ether oxygens (including phenoxy) is 1. The minimum atomic E-state index is -0.804. The summed E-state index contributed by atoms with van der Waals surface area (Å²) in [6.07, 6.45) is 0.234. The number of carbonyl (C=O) groups is 3. The van der Waals surface area contributed by atoms with E-state index >= 15 is 0 Å². The van der Waals surface area contributed by atoms with Crippen LogP contribution in [0.2, 0.25) is 0 Å². The zero-order valence-corrected chi connectivity index (χ0v) is 24.4. The standard InChI is InChI=1S/C35H36N4O5/c40-32(41)17-10-20-38-21-23-39(24-22-38)34(42)30-25-29(37-35(43)36-28-15-8-3-9-16-28)18-19-31(30)44-33(26-11-4-1-5-12-26)27-13-6-2-7-14-27/h1-9,11-16,18-19,25,33H,10,17,20-24H2,(H,40,41)(H2,36,37,43). The molecule has 1 aliphatic heterocycles. The molecule has 0 atom stereocenters. The number of anilines is 2. The van der Waals surface area contributed by atoms with Gasteiger partial charge < -0.3 is 25.4 Å². The number of carboxylic acids is 1. The second-order valence-corrected chi connectivity index (χ2v) is 10.6. The van der Waals surface area contributed by atoms with Crippen LogP contribution in [0.25, 0.3) is 0 Å². The molecule has 1 aliphatic rings. The van der Waals surface area contributed by atoms with Crippen LogP contribution in [0.5, 0.6) is 5.75 Å². The zero-order chi connectivity index (χ0) is 30.7. The van der Waals surface area contributed by atoms with Crippen LogP contribution in [-0.4, -0.2) is 65.5 Å². The molecule has 5 rings (SSSR count). The second-order valence-electron chi connectivity index (χ2n) is 10.6. The summed E-state index contributed by atoms with van der Waals surface area (Å²) in [6, 6.07) is 33.5. The second kappa shape index (κ2) is 14.8. The maximum atomic E-state index is 14.0. The molecule has 3 N–H and O–H groups in total. The lowest BCUT2D eigenvalue weighted by atomic mass is 10.0. The number of benzene rings is 4. The average molecular weight is 593 g/mol. The maximum Gasteiger partial charge on any atom is 0.323 e. The lowest BCUT2D eigenvalue weighted by Gasteiger charge is -2.35. The van der Waals surface area contributed by atoms with Crippen molar-refractivity contribution in [2.75, 3.05) is 43.4 Å². The molecule has 1 heterocycles. The minimum absolute atomic E-state index is 0.126. The van der Waals surface area contributed by atoms with Gasteiger partial charge in [-0.05, 0) is 54.4 Å². The Hall–Kier alpha value is -5.15. The first-order valence-electron chi connectivity index (χ1n) is 14.7. The highest BCUT2D eigenvalue weighted by Crippen LogP contribution is 2.33. The molecule has 0 aromatic heterocycles. The van der Waals surface area contributed by atoms with Crippen molar-refractivity contribution in [3.05, 3.63) is 126 Å². The number of urea groups is 1. The van der Waals surface area contributed by atoms with Crippen molar-refractivity contribution in [1.29, 1.82) is 0 Å². The summed E-state index contributed by atoms with van der Waals surface area (Å²) in [5, 5.41) is 14.6. The van der Waals surface area contributed by atoms with Gasteiger partial charge in [-0.2, -0.15) is 0 Å². The molecule has 0 radical (unpaired) electrons. The van der Waals surface area contributed by atoms with Crippen molar-refractivity contribution in [1.82, 2.24) is 9.80 Å². The van der Waals surface area contributed by atoms with E-state index in [1.807, 2.05) is 78.9 Å². The fourth-order valence-corrected chi connectivity index (χ4v) is 5.20. The zero-order valence-electron chi connectivity index (χ0n) is 24.4. The number of carbonyl (C=O) groups excluding carboxylic acids is 2. The van der Waals surface area contributed by atoms with Gasteiger partial charge in [0.1, 0.15) is 11.9 Å². The summed E-state index contributed by atoms with van der Waals surface area (Å²) in [7, 11) is 0. The van der Waals surface area contributed by atoms with Crippen molar-refractivity contribution < 1.29 is 24.2 Å². The third-order valence-electron chi connectivity index (χ3n) is 7.47. The molecule has 226 valence electrons. The van der Waals surface area contributed by atoms with E-state index in [0.29, 0.717) is 61.8 Å². The molecule has 9 nitrogen and oxygen atoms in total. The van der Waals surface area contributed by atoms with Crippen LogP contribution in [0.3, 0.4) is 0 Å². The van der Waals surface area contributed by atoms with Gasteiger partial charge in [0, 0.05) is 44.0 Å². The van der Waals surface area contributed by atoms with Crippen LogP contribution in [0, 0.1) is 0 Å². The molecule has 0 saturated carbocycles. The number of nitrogens with zero attached hydrogens (tertiary/aromatic N) is 2. The van der Waals surface area contributed by atoms with Gasteiger partial charge in [-0.3, -0.25) is 14.5 Å². The van der Waals surface area contributed by atoms with Gasteiger partial charge >= 0.3 is 12.0 Å². The smallest absolute Gasteiger partial charge is 0.323 e. The molecule has 4 aromatic rings. The Morgan fingerprint density at radius 2 is 1.30 bits per heavy atom. The predicted octanol–water partition coefficient (Wildman–Crippen LogP) is 6.12. The van der Waals surface area contributed by atoms with Crippen molar-refractivity contribution in [3.63, 3.8) is 0 Å². The Bertz CT molecular complexity index is 1500. The summed E-state index contributed by atoms with van der Waals surface area (Å²) < 4.78 is 6.64. The number of hydrogen-bond acceptors (Lipinski definition) is 5. The first-order chi connectivity index (χ1) is 21.5. The topological polar surface area (TPSA) is 111 Å². The molecule has 0 unspecified atom stereocenters. The molecular formula is C35H36N4O5. The molecule has 3 amide bonds. The van der Waals surface area contributed by atoms with Gasteiger partial charge in [0.25, 0.3) is 5.91 Å². The van der Waals surface area contributed by atoms with E-state index in [-0.39, 0.29) is 12.3 Å². The SMILES string of the molecule is O=C(O)CCCN1CCN(C(=O)c2cc(NC(=O)Nc3ccccc3)ccc2OC(c2ccccc2)c2ccccc2)CC1. The number of amides is 3. The molecule has 0 spiro atoms. The summed E-state index contributed by atoms with van der Waals surface area (Å²) in [4.78, 5) is 41.7. The first kappa shape index (κ1) is 30.3. The van der Waals surface area contributed by atoms with Crippen molar-refractivity contribution in [2.24, 2.45) is 0 Å². The van der Waals surface area contributed by atoms with Gasteiger partial charge in [0.05, 0.1) is 5.56 Å². The van der Waals surface area contributed by atoms with Crippen LogP contribution >= 0.6 is 0 Å². The van der Waals surface area contributed by atoms with E-state index in [1.54, 1.807) is 35.2 Å². The van der Waals surface area contributed by atoms with Crippen LogP contribution in [0.15, 0.2) is 109 Å². The Kier molecular flexibility index (Phi) is 10.2. The Morgan fingerprint density at radius 1 is 0.727 bits per heavy atom. The maximum absolute atomic E-state index is 14.0. The van der Waals surface area contributed by atoms with E-state index in [0.717, 1.165) is 11.1 Å². The highest BCUT2D eigenvalue weighted by molar-refractivity contribution is 6.02. The van der Waals surface area contributed by atoms with E-state index < -0.39 is 18.1 Å². The largest absolute Gasteiger partial charge is 0.481 e. The van der Waals surface area contributed by atoms with Crippen LogP contribution in [-0.2, 0) is 4.79 Å². The Labute approximate surface area is 257 Å². The molecule has 0 aliphatic carbocycles. The summed E-state index contributed by atoms with van der Waals surface area (Å²) in [5.41, 5.74) is 3.33. The first-order valence-corrected chi connectivity index (χ1v) is 14.7. The lowest BCUT2D eigenvalue weighted by Crippen LogP contribution is -2.49. The average Bonchev–Trinajstić information content (AvgIpc) is 3.05. The van der Waals surface area contributed by atoms with Crippen LogP contribution in [0.1, 0.15) is 40.4 Å². The molecule has 1 fully saturated rings. The third kappa shape index (κ3) is 8.23. The van der Waals surface area contributed by atoms with Crippen molar-refractivity contribution in [2.45, 2.75) is 18.9 Å². The Morgan fingerprint density at radius 3 is 1.89 bits per heavy atom. The molecule has 1 saturated heterocycles. The van der Waals surface area contributed by atoms with Crippen LogP contribution in [0.4, 0.5) is 16.2 Å². The quantitative estimate of drug-likeness (QED) is 0.194. The molecule has 44 heavy (non-hydrogen) atoms. The van der Waals surface area contributed by atoms with Gasteiger partial charge in [-0.1, -0.05) is 78.9 Å². The normalized spacial score (nSPS) is 13.3. The predicted molar refractivity (Wildman–Crippen MR) is 170 cm³/mol. The van der Waals surface area contributed by atoms with Crippen molar-refractivity contribution >= 4 is 29.3 Å². The lowest BCUT2D eigenvalue weighted by molar-refractivity contribution is -0.137. The number of piperazine rings is 1. The van der Waals surface area contributed by atoms with E-state index in [4.69, 9.17) is 9.84 Å². The monoisotopic (exact) mass is 592 g/mol. The minimum Gasteiger partial charge on any atom is -0.481 e. The fraction of sp³-hybridized carbons (Fsp3) is 0.229. The van der Waals surface area contributed by atoms with Crippen LogP contribution < -0.4 is 15.4 Å². The highest BCUT2D eigenvalue weighted by Gasteiger charge is 2.27. The number of rotatable bonds is 11. The number of hydrogen-bond donors (Lipinski definition) is 3. The van der Waals surface area contributed by atoms with Crippen molar-refractivity contribution in [3.8, 4) is 5.75 Å². The fourth-order valence-electron chi connectivity index (χ4n) is 5.20. The van der Waals surface area contributed by atoms with Gasteiger partial charge in [-0.25, -0.2) is 4.79 Å². The van der Waals surface area contributed by atoms with Gasteiger partial charge in [0.2, 0.25) is 0 Å².